The molecule has 0 radical (unpaired) electrons. The Morgan fingerprint density at radius 2 is 1.65 bits per heavy atom. The molecule has 0 unspecified atom stereocenters. The minimum Gasteiger partial charge on any atom is -0.506 e. The summed E-state index contributed by atoms with van der Waals surface area (Å²) in [6.07, 6.45) is -4.65. The molecule has 0 saturated carbocycles. The lowest BCUT2D eigenvalue weighted by molar-refractivity contribution is -0.137. The predicted molar refractivity (Wildman–Crippen MR) is 67.1 cm³/mol. The van der Waals surface area contributed by atoms with Gasteiger partial charge in [0.05, 0.1) is 11.1 Å². The first-order chi connectivity index (χ1) is 9.32. The van der Waals surface area contributed by atoms with Crippen LogP contribution < -0.4 is 5.73 Å². The van der Waals surface area contributed by atoms with Crippen LogP contribution in [0.3, 0.4) is 0 Å². The molecule has 0 aliphatic heterocycles. The van der Waals surface area contributed by atoms with Crippen molar-refractivity contribution in [3.8, 4) is 16.9 Å². The number of primary amides is 1. The standard InChI is InChI=1S/C14H10F3NO2/c15-14(16,17)10-7-6-9(13(18)20)12(19)11(10)8-4-2-1-3-5-8/h1-7,19H,(H2,18,20). The number of nitrogens with two attached hydrogens (primary N) is 1. The number of hydrogen-bond donors (Lipinski definition) is 2. The fraction of sp³-hybridized carbons (Fsp3) is 0.0714. The molecular weight excluding hydrogens is 271 g/mol. The second-order valence-electron chi connectivity index (χ2n) is 4.11. The topological polar surface area (TPSA) is 63.3 Å². The Balaban J connectivity index is 2.80. The van der Waals surface area contributed by atoms with Gasteiger partial charge in [-0.3, -0.25) is 4.79 Å². The number of carbonyl (C=O) groups excluding carboxylic acids is 1. The highest BCUT2D eigenvalue weighted by Crippen LogP contribution is 2.43. The van der Waals surface area contributed by atoms with E-state index in [2.05, 4.69) is 0 Å². The molecule has 0 aliphatic rings. The van der Waals surface area contributed by atoms with Crippen molar-refractivity contribution in [3.05, 3.63) is 53.6 Å². The summed E-state index contributed by atoms with van der Waals surface area (Å²) in [6.45, 7) is 0. The second-order valence-corrected chi connectivity index (χ2v) is 4.11. The van der Waals surface area contributed by atoms with Crippen LogP contribution in [0.1, 0.15) is 15.9 Å². The number of hydrogen-bond acceptors (Lipinski definition) is 2. The van der Waals surface area contributed by atoms with E-state index < -0.39 is 29.0 Å². The van der Waals surface area contributed by atoms with Crippen LogP contribution in [-0.4, -0.2) is 11.0 Å². The van der Waals surface area contributed by atoms with Gasteiger partial charge in [-0.15, -0.1) is 0 Å². The lowest BCUT2D eigenvalue weighted by atomic mass is 9.95. The fourth-order valence-corrected chi connectivity index (χ4v) is 1.92. The van der Waals surface area contributed by atoms with Crippen LogP contribution in [0.5, 0.6) is 5.75 Å². The Hall–Kier alpha value is -2.50. The average molecular weight is 281 g/mol. The molecule has 104 valence electrons. The zero-order chi connectivity index (χ0) is 14.9. The highest BCUT2D eigenvalue weighted by Gasteiger charge is 2.36. The molecule has 20 heavy (non-hydrogen) atoms. The van der Waals surface area contributed by atoms with Gasteiger partial charge in [-0.25, -0.2) is 0 Å². The number of benzene rings is 2. The molecule has 2 rings (SSSR count). The van der Waals surface area contributed by atoms with Gasteiger partial charge in [0.15, 0.2) is 0 Å². The molecule has 2 aromatic rings. The van der Waals surface area contributed by atoms with E-state index in [1.807, 2.05) is 0 Å². The first-order valence-electron chi connectivity index (χ1n) is 5.60. The van der Waals surface area contributed by atoms with Crippen molar-refractivity contribution in [3.63, 3.8) is 0 Å². The Bertz CT molecular complexity index is 651. The number of alkyl halides is 3. The molecule has 0 saturated heterocycles. The first kappa shape index (κ1) is 13.9. The van der Waals surface area contributed by atoms with Crippen LogP contribution in [0.15, 0.2) is 42.5 Å². The summed E-state index contributed by atoms with van der Waals surface area (Å²) in [6, 6.07) is 9.13. The highest BCUT2D eigenvalue weighted by atomic mass is 19.4. The summed E-state index contributed by atoms with van der Waals surface area (Å²) in [5.74, 6) is -1.76. The molecule has 6 heteroatoms. The number of carbonyl (C=O) groups is 1. The molecule has 0 atom stereocenters. The van der Waals surface area contributed by atoms with E-state index in [4.69, 9.17) is 5.73 Å². The van der Waals surface area contributed by atoms with Gasteiger partial charge in [0.2, 0.25) is 0 Å². The van der Waals surface area contributed by atoms with Crippen molar-refractivity contribution in [1.82, 2.24) is 0 Å². The predicted octanol–water partition coefficient (Wildman–Crippen LogP) is 3.18. The normalized spacial score (nSPS) is 11.3. The Kier molecular flexibility index (Phi) is 3.40. The third-order valence-corrected chi connectivity index (χ3v) is 2.81. The summed E-state index contributed by atoms with van der Waals surface area (Å²) in [5.41, 5.74) is 3.37. The molecule has 2 aromatic carbocycles. The molecule has 3 nitrogen and oxygen atoms in total. The quantitative estimate of drug-likeness (QED) is 0.888. The van der Waals surface area contributed by atoms with Gasteiger partial charge < -0.3 is 10.8 Å². The van der Waals surface area contributed by atoms with Crippen LogP contribution in [0.4, 0.5) is 13.2 Å². The zero-order valence-electron chi connectivity index (χ0n) is 10.1. The van der Waals surface area contributed by atoms with Crippen molar-refractivity contribution in [2.24, 2.45) is 5.73 Å². The monoisotopic (exact) mass is 281 g/mol. The molecule has 1 amide bonds. The van der Waals surface area contributed by atoms with E-state index in [0.29, 0.717) is 0 Å². The Morgan fingerprint density at radius 1 is 1.05 bits per heavy atom. The van der Waals surface area contributed by atoms with Gasteiger partial charge in [0.25, 0.3) is 5.91 Å². The number of amides is 1. The van der Waals surface area contributed by atoms with E-state index in [1.165, 1.54) is 24.3 Å². The van der Waals surface area contributed by atoms with Crippen molar-refractivity contribution in [1.29, 1.82) is 0 Å². The van der Waals surface area contributed by atoms with Gasteiger partial charge in [0, 0.05) is 5.56 Å². The largest absolute Gasteiger partial charge is 0.506 e. The van der Waals surface area contributed by atoms with Crippen LogP contribution >= 0.6 is 0 Å². The summed E-state index contributed by atoms with van der Waals surface area (Å²) >= 11 is 0. The van der Waals surface area contributed by atoms with E-state index in [1.54, 1.807) is 6.07 Å². The fourth-order valence-electron chi connectivity index (χ4n) is 1.92. The minimum absolute atomic E-state index is 0.153. The maximum atomic E-state index is 13.0. The smallest absolute Gasteiger partial charge is 0.417 e. The van der Waals surface area contributed by atoms with Gasteiger partial charge in [-0.1, -0.05) is 30.3 Å². The zero-order valence-corrected chi connectivity index (χ0v) is 10.1. The van der Waals surface area contributed by atoms with Crippen molar-refractivity contribution in [2.75, 3.05) is 0 Å². The minimum atomic E-state index is -4.65. The van der Waals surface area contributed by atoms with Crippen LogP contribution in [0.2, 0.25) is 0 Å². The molecule has 0 spiro atoms. The number of rotatable bonds is 2. The summed E-state index contributed by atoms with van der Waals surface area (Å²) in [7, 11) is 0. The van der Waals surface area contributed by atoms with Gasteiger partial charge in [-0.2, -0.15) is 13.2 Å². The highest BCUT2D eigenvalue weighted by molar-refractivity contribution is 5.98. The number of aromatic hydroxyl groups is 1. The maximum absolute atomic E-state index is 13.0. The van der Waals surface area contributed by atoms with Gasteiger partial charge in [0.1, 0.15) is 5.75 Å². The maximum Gasteiger partial charge on any atom is 0.417 e. The van der Waals surface area contributed by atoms with E-state index in [0.717, 1.165) is 12.1 Å². The van der Waals surface area contributed by atoms with E-state index in [-0.39, 0.29) is 11.1 Å². The van der Waals surface area contributed by atoms with E-state index >= 15 is 0 Å². The van der Waals surface area contributed by atoms with E-state index in [9.17, 15) is 23.1 Å². The molecule has 0 heterocycles. The molecular formula is C14H10F3NO2. The first-order valence-corrected chi connectivity index (χ1v) is 5.60. The van der Waals surface area contributed by atoms with Gasteiger partial charge >= 0.3 is 6.18 Å². The SMILES string of the molecule is NC(=O)c1ccc(C(F)(F)F)c(-c2ccccc2)c1O. The summed E-state index contributed by atoms with van der Waals surface area (Å²) in [4.78, 5) is 11.1. The van der Waals surface area contributed by atoms with Crippen molar-refractivity contribution in [2.45, 2.75) is 6.18 Å². The molecule has 0 aromatic heterocycles. The second kappa shape index (κ2) is 4.88. The van der Waals surface area contributed by atoms with Crippen molar-refractivity contribution < 1.29 is 23.1 Å². The van der Waals surface area contributed by atoms with Crippen LogP contribution in [0, 0.1) is 0 Å². The third-order valence-electron chi connectivity index (χ3n) is 2.81. The van der Waals surface area contributed by atoms with Crippen LogP contribution in [-0.2, 0) is 6.18 Å². The molecule has 0 bridgehead atoms. The van der Waals surface area contributed by atoms with Crippen LogP contribution in [0.25, 0.3) is 11.1 Å². The molecule has 0 aliphatic carbocycles. The summed E-state index contributed by atoms with van der Waals surface area (Å²) in [5, 5.41) is 9.96. The Morgan fingerprint density at radius 3 is 2.15 bits per heavy atom. The Labute approximate surface area is 112 Å². The molecule has 3 N–H and O–H groups in total. The number of phenols is 1. The average Bonchev–Trinajstić information content (AvgIpc) is 2.37. The molecule has 0 fully saturated rings. The van der Waals surface area contributed by atoms with Gasteiger partial charge in [-0.05, 0) is 17.7 Å². The third kappa shape index (κ3) is 2.45. The lowest BCUT2D eigenvalue weighted by Gasteiger charge is -2.16. The summed E-state index contributed by atoms with van der Waals surface area (Å²) < 4.78 is 39.1. The number of halogens is 3. The lowest BCUT2D eigenvalue weighted by Crippen LogP contribution is -2.14. The van der Waals surface area contributed by atoms with Crippen molar-refractivity contribution >= 4 is 5.91 Å².